The summed E-state index contributed by atoms with van der Waals surface area (Å²) in [6.45, 7) is 2.12. The molecule has 1 aliphatic rings. The maximum absolute atomic E-state index is 13.0. The van der Waals surface area contributed by atoms with E-state index in [2.05, 4.69) is 32.9 Å². The Morgan fingerprint density at radius 2 is 1.94 bits per heavy atom. The largest absolute Gasteiger partial charge is 0.497 e. The molecular weight excluding hydrogens is 428 g/mol. The van der Waals surface area contributed by atoms with Crippen molar-refractivity contribution in [3.63, 3.8) is 0 Å². The van der Waals surface area contributed by atoms with Gasteiger partial charge in [-0.3, -0.25) is 4.79 Å². The molecule has 7 heteroatoms. The zero-order valence-electron chi connectivity index (χ0n) is 19.7. The molecule has 7 nitrogen and oxygen atoms in total. The van der Waals surface area contributed by atoms with Crippen molar-refractivity contribution >= 4 is 28.3 Å². The molecule has 0 unspecified atom stereocenters. The van der Waals surface area contributed by atoms with E-state index in [9.17, 15) is 4.79 Å². The van der Waals surface area contributed by atoms with E-state index in [1.807, 2.05) is 42.5 Å². The van der Waals surface area contributed by atoms with Crippen LogP contribution in [0.5, 0.6) is 11.5 Å². The molecule has 2 aromatic carbocycles. The van der Waals surface area contributed by atoms with Gasteiger partial charge in [-0.05, 0) is 67.3 Å². The highest BCUT2D eigenvalue weighted by molar-refractivity contribution is 5.86. The van der Waals surface area contributed by atoms with Crippen molar-refractivity contribution in [1.82, 2.24) is 14.7 Å². The van der Waals surface area contributed by atoms with Crippen molar-refractivity contribution in [2.75, 3.05) is 38.8 Å². The molecule has 176 valence electrons. The Bertz CT molecular complexity index is 1320. The molecule has 0 spiro atoms. The number of para-hydroxylation sites is 2. The van der Waals surface area contributed by atoms with Crippen molar-refractivity contribution in [2.45, 2.75) is 19.3 Å². The van der Waals surface area contributed by atoms with Crippen LogP contribution in [0.25, 0.3) is 16.6 Å². The minimum absolute atomic E-state index is 0.0655. The van der Waals surface area contributed by atoms with E-state index >= 15 is 0 Å². The summed E-state index contributed by atoms with van der Waals surface area (Å²) in [4.78, 5) is 20.3. The van der Waals surface area contributed by atoms with Crippen LogP contribution in [0.4, 0.5) is 5.82 Å². The maximum Gasteiger partial charge on any atom is 0.224 e. The summed E-state index contributed by atoms with van der Waals surface area (Å²) in [6, 6.07) is 18.1. The topological polar surface area (TPSA) is 68.1 Å². The van der Waals surface area contributed by atoms with Crippen LogP contribution in [0.15, 0.2) is 60.8 Å². The van der Waals surface area contributed by atoms with E-state index in [4.69, 9.17) is 14.5 Å². The molecule has 5 rings (SSSR count). The Morgan fingerprint density at radius 1 is 1.09 bits per heavy atom. The monoisotopic (exact) mass is 458 g/mol. The number of hydrogen-bond acceptors (Lipinski definition) is 5. The smallest absolute Gasteiger partial charge is 0.224 e. The molecular formula is C27H30N4O3. The summed E-state index contributed by atoms with van der Waals surface area (Å²) in [5.41, 5.74) is 4.14. The van der Waals surface area contributed by atoms with E-state index in [1.165, 1.54) is 0 Å². The van der Waals surface area contributed by atoms with Gasteiger partial charge in [0.2, 0.25) is 5.91 Å². The van der Waals surface area contributed by atoms with Gasteiger partial charge in [0.25, 0.3) is 0 Å². The van der Waals surface area contributed by atoms with Gasteiger partial charge < -0.3 is 24.1 Å². The molecule has 1 amide bonds. The maximum atomic E-state index is 13.0. The van der Waals surface area contributed by atoms with Crippen molar-refractivity contribution in [3.8, 4) is 11.5 Å². The number of methoxy groups -OCH3 is 2. The van der Waals surface area contributed by atoms with Gasteiger partial charge in [-0.15, -0.1) is 0 Å². The van der Waals surface area contributed by atoms with E-state index in [1.54, 1.807) is 14.2 Å². The number of nitrogens with zero attached hydrogens (tertiary/aromatic N) is 3. The van der Waals surface area contributed by atoms with Gasteiger partial charge in [0, 0.05) is 25.8 Å². The van der Waals surface area contributed by atoms with Gasteiger partial charge >= 0.3 is 0 Å². The number of carbonyl (C=O) groups is 1. The zero-order chi connectivity index (χ0) is 23.5. The third-order valence-electron chi connectivity index (χ3n) is 6.62. The molecule has 4 aromatic rings. The molecule has 1 atom stereocenters. The molecule has 1 aliphatic heterocycles. The summed E-state index contributed by atoms with van der Waals surface area (Å²) in [7, 11) is 3.30. The first kappa shape index (κ1) is 22.1. The SMILES string of the molecule is COc1ccc(OC)c(CCNC(=O)[C@@H]2CCCN(c3nc4ccccc4n4cccc34)C2)c1. The predicted molar refractivity (Wildman–Crippen MR) is 134 cm³/mol. The third-order valence-corrected chi connectivity index (χ3v) is 6.62. The van der Waals surface area contributed by atoms with Crippen molar-refractivity contribution in [3.05, 3.63) is 66.4 Å². The van der Waals surface area contributed by atoms with E-state index in [-0.39, 0.29) is 11.8 Å². The van der Waals surface area contributed by atoms with Gasteiger partial charge in [-0.2, -0.15) is 0 Å². The molecule has 0 bridgehead atoms. The lowest BCUT2D eigenvalue weighted by Crippen LogP contribution is -2.44. The van der Waals surface area contributed by atoms with Crippen LogP contribution in [0.2, 0.25) is 0 Å². The summed E-state index contributed by atoms with van der Waals surface area (Å²) < 4.78 is 13.0. The standard InChI is InChI=1S/C27H30N4O3/c1-33-21-11-12-25(34-2)19(17-21)13-14-28-27(32)20-7-5-15-30(18-20)26-24-10-6-16-31(24)23-9-4-3-8-22(23)29-26/h3-4,6,8-12,16-17,20H,5,7,13-15,18H2,1-2H3,(H,28,32)/t20-/m1/s1. The van der Waals surface area contributed by atoms with Crippen molar-refractivity contribution < 1.29 is 14.3 Å². The number of nitrogens with one attached hydrogen (secondary N) is 1. The number of benzene rings is 2. The summed E-state index contributed by atoms with van der Waals surface area (Å²) >= 11 is 0. The highest BCUT2D eigenvalue weighted by atomic mass is 16.5. The highest BCUT2D eigenvalue weighted by Gasteiger charge is 2.27. The Kier molecular flexibility index (Phi) is 6.25. The number of rotatable bonds is 7. The second kappa shape index (κ2) is 9.63. The van der Waals surface area contributed by atoms with Gasteiger partial charge in [0.05, 0.1) is 36.7 Å². The fourth-order valence-corrected chi connectivity index (χ4v) is 4.87. The molecule has 1 saturated heterocycles. The molecule has 34 heavy (non-hydrogen) atoms. The van der Waals surface area contributed by atoms with Crippen molar-refractivity contribution in [2.24, 2.45) is 5.92 Å². The minimum Gasteiger partial charge on any atom is -0.497 e. The Morgan fingerprint density at radius 3 is 2.79 bits per heavy atom. The number of carbonyl (C=O) groups excluding carboxylic acids is 1. The van der Waals surface area contributed by atoms with Gasteiger partial charge in [0.15, 0.2) is 5.82 Å². The van der Waals surface area contributed by atoms with Gasteiger partial charge in [-0.25, -0.2) is 4.98 Å². The fraction of sp³-hybridized carbons (Fsp3) is 0.333. The average Bonchev–Trinajstić information content (AvgIpc) is 3.38. The molecule has 1 fully saturated rings. The second-order valence-electron chi connectivity index (χ2n) is 8.69. The molecule has 0 aliphatic carbocycles. The Labute approximate surface area is 199 Å². The van der Waals surface area contributed by atoms with Crippen LogP contribution in [-0.4, -0.2) is 49.1 Å². The average molecular weight is 459 g/mol. The lowest BCUT2D eigenvalue weighted by Gasteiger charge is -2.33. The van der Waals surface area contributed by atoms with E-state index in [0.29, 0.717) is 19.5 Å². The first-order chi connectivity index (χ1) is 16.7. The number of fused-ring (bicyclic) bond motifs is 3. The number of aromatic nitrogens is 2. The van der Waals surface area contributed by atoms with Crippen molar-refractivity contribution in [1.29, 1.82) is 0 Å². The van der Waals surface area contributed by atoms with E-state index in [0.717, 1.165) is 58.8 Å². The summed E-state index contributed by atoms with van der Waals surface area (Å²) in [6.07, 6.45) is 4.60. The van der Waals surface area contributed by atoms with Crippen LogP contribution < -0.4 is 19.7 Å². The number of piperidine rings is 1. The Hall–Kier alpha value is -3.74. The van der Waals surface area contributed by atoms with Crippen LogP contribution in [-0.2, 0) is 11.2 Å². The second-order valence-corrected chi connectivity index (χ2v) is 8.69. The number of ether oxygens (including phenoxy) is 2. The number of anilines is 1. The summed E-state index contributed by atoms with van der Waals surface area (Å²) in [5, 5.41) is 3.14. The predicted octanol–water partition coefficient (Wildman–Crippen LogP) is 4.08. The van der Waals surface area contributed by atoms with Gasteiger partial charge in [0.1, 0.15) is 11.5 Å². The summed E-state index contributed by atoms with van der Waals surface area (Å²) in [5.74, 6) is 2.56. The van der Waals surface area contributed by atoms with Crippen LogP contribution in [0.1, 0.15) is 18.4 Å². The lowest BCUT2D eigenvalue weighted by molar-refractivity contribution is -0.125. The number of hydrogen-bond donors (Lipinski definition) is 1. The molecule has 2 aromatic heterocycles. The number of amides is 1. The fourth-order valence-electron chi connectivity index (χ4n) is 4.87. The molecule has 1 N–H and O–H groups in total. The first-order valence-electron chi connectivity index (χ1n) is 11.8. The molecule has 3 heterocycles. The van der Waals surface area contributed by atoms with Gasteiger partial charge in [-0.1, -0.05) is 12.1 Å². The van der Waals surface area contributed by atoms with Crippen LogP contribution in [0.3, 0.4) is 0 Å². The van der Waals surface area contributed by atoms with Crippen LogP contribution >= 0.6 is 0 Å². The highest BCUT2D eigenvalue weighted by Crippen LogP contribution is 2.29. The zero-order valence-corrected chi connectivity index (χ0v) is 19.7. The quantitative estimate of drug-likeness (QED) is 0.452. The third kappa shape index (κ3) is 4.25. The lowest BCUT2D eigenvalue weighted by atomic mass is 9.97. The first-order valence-corrected chi connectivity index (χ1v) is 11.8. The molecule has 0 radical (unpaired) electrons. The van der Waals surface area contributed by atoms with Crippen LogP contribution in [0, 0.1) is 5.92 Å². The van der Waals surface area contributed by atoms with E-state index < -0.39 is 0 Å². The molecule has 0 saturated carbocycles. The normalized spacial score (nSPS) is 16.1. The Balaban J connectivity index is 1.28. The minimum atomic E-state index is -0.0655.